The predicted molar refractivity (Wildman–Crippen MR) is 95.8 cm³/mol. The molecule has 1 rings (SSSR count). The van der Waals surface area contributed by atoms with Gasteiger partial charge in [-0.1, -0.05) is 39.8 Å². The van der Waals surface area contributed by atoms with E-state index in [9.17, 15) is 4.79 Å². The maximum Gasteiger partial charge on any atom is 0.261 e. The third kappa shape index (κ3) is 6.73. The number of carbonyl (C=O) groups is 1. The fraction of sp³-hybridized carbons (Fsp3) is 0.611. The Bertz CT molecular complexity index is 494. The number of thioether (sulfide) groups is 1. The molecule has 0 unspecified atom stereocenters. The van der Waals surface area contributed by atoms with Gasteiger partial charge < -0.3 is 10.1 Å². The van der Waals surface area contributed by atoms with Crippen LogP contribution in [0.15, 0.2) is 18.2 Å². The number of nitrogens with one attached hydrogen (secondary N) is 1. The van der Waals surface area contributed by atoms with Crippen LogP contribution in [0, 0.1) is 13.8 Å². The molecule has 1 amide bonds. The van der Waals surface area contributed by atoms with Crippen LogP contribution in [0.3, 0.4) is 0 Å². The number of aryl methyl sites for hydroxylation is 2. The molecule has 0 spiro atoms. The van der Waals surface area contributed by atoms with E-state index in [4.69, 9.17) is 4.74 Å². The second-order valence-corrected chi connectivity index (χ2v) is 8.46. The fourth-order valence-electron chi connectivity index (χ4n) is 1.96. The van der Waals surface area contributed by atoms with Gasteiger partial charge in [-0.3, -0.25) is 4.79 Å². The summed E-state index contributed by atoms with van der Waals surface area (Å²) in [7, 11) is 0. The fourth-order valence-corrected chi connectivity index (χ4v) is 2.77. The number of benzene rings is 1. The highest BCUT2D eigenvalue weighted by atomic mass is 32.2. The first-order chi connectivity index (χ1) is 10.2. The van der Waals surface area contributed by atoms with Crippen molar-refractivity contribution >= 4 is 17.7 Å². The molecule has 22 heavy (non-hydrogen) atoms. The molecule has 1 aromatic carbocycles. The van der Waals surface area contributed by atoms with Crippen LogP contribution in [0.2, 0.25) is 0 Å². The molecule has 0 fully saturated rings. The highest BCUT2D eigenvalue weighted by molar-refractivity contribution is 8.00. The summed E-state index contributed by atoms with van der Waals surface area (Å²) in [6.45, 7) is 13.2. The van der Waals surface area contributed by atoms with E-state index in [1.54, 1.807) is 0 Å². The van der Waals surface area contributed by atoms with Gasteiger partial charge in [0.2, 0.25) is 0 Å². The Labute approximate surface area is 139 Å². The summed E-state index contributed by atoms with van der Waals surface area (Å²) in [5, 5.41) is 2.98. The zero-order chi connectivity index (χ0) is 16.8. The number of rotatable bonds is 7. The quantitative estimate of drug-likeness (QED) is 0.768. The minimum atomic E-state index is -0.430. The zero-order valence-corrected chi connectivity index (χ0v) is 15.5. The van der Waals surface area contributed by atoms with E-state index < -0.39 is 6.10 Å². The number of carbonyl (C=O) groups excluding carboxylic acids is 1. The molecule has 0 bridgehead atoms. The van der Waals surface area contributed by atoms with E-state index in [1.807, 2.05) is 50.7 Å². The maximum absolute atomic E-state index is 12.3. The molecule has 1 atom stereocenters. The summed E-state index contributed by atoms with van der Waals surface area (Å²) in [6, 6.07) is 6.06. The van der Waals surface area contributed by atoms with Crippen LogP contribution >= 0.6 is 11.8 Å². The predicted octanol–water partition coefficient (Wildman–Crippen LogP) is 4.11. The Morgan fingerprint density at radius 2 is 2.00 bits per heavy atom. The lowest BCUT2D eigenvalue weighted by Crippen LogP contribution is -2.39. The normalized spacial score (nSPS) is 12.8. The van der Waals surface area contributed by atoms with Gasteiger partial charge in [0.05, 0.1) is 0 Å². The molecular formula is C18H29NO2S. The van der Waals surface area contributed by atoms with Crippen molar-refractivity contribution in [3.8, 4) is 5.75 Å². The number of hydrogen-bond acceptors (Lipinski definition) is 3. The minimum absolute atomic E-state index is 0.0297. The molecule has 0 radical (unpaired) electrons. The van der Waals surface area contributed by atoms with Crippen molar-refractivity contribution in [3.63, 3.8) is 0 Å². The molecule has 0 saturated carbocycles. The van der Waals surface area contributed by atoms with Gasteiger partial charge in [0.1, 0.15) is 5.75 Å². The molecular weight excluding hydrogens is 294 g/mol. The summed E-state index contributed by atoms with van der Waals surface area (Å²) < 4.78 is 6.14. The van der Waals surface area contributed by atoms with E-state index in [1.165, 1.54) is 0 Å². The van der Waals surface area contributed by atoms with E-state index in [-0.39, 0.29) is 10.7 Å². The van der Waals surface area contributed by atoms with E-state index >= 15 is 0 Å². The molecule has 4 heteroatoms. The second-order valence-electron chi connectivity index (χ2n) is 6.54. The van der Waals surface area contributed by atoms with Gasteiger partial charge in [-0.2, -0.15) is 11.8 Å². The summed E-state index contributed by atoms with van der Waals surface area (Å²) >= 11 is 1.85. The van der Waals surface area contributed by atoms with Gasteiger partial charge in [0.25, 0.3) is 5.91 Å². The van der Waals surface area contributed by atoms with Crippen LogP contribution < -0.4 is 10.1 Å². The van der Waals surface area contributed by atoms with Crippen LogP contribution in [0.5, 0.6) is 5.75 Å². The van der Waals surface area contributed by atoms with Crippen molar-refractivity contribution in [2.75, 3.05) is 12.3 Å². The standard InChI is InChI=1S/C18H29NO2S/c1-7-15(17(20)19-10-11-22-18(4,5)6)21-16-12-13(2)8-9-14(16)3/h8-9,12,15H,7,10-11H2,1-6H3,(H,19,20)/t15-/m1/s1. The molecule has 1 N–H and O–H groups in total. The van der Waals surface area contributed by atoms with Crippen molar-refractivity contribution in [3.05, 3.63) is 29.3 Å². The van der Waals surface area contributed by atoms with Gasteiger partial charge in [-0.15, -0.1) is 0 Å². The van der Waals surface area contributed by atoms with E-state index in [0.29, 0.717) is 13.0 Å². The SMILES string of the molecule is CC[C@@H](Oc1cc(C)ccc1C)C(=O)NCCSC(C)(C)C. The van der Waals surface area contributed by atoms with E-state index in [2.05, 4.69) is 26.1 Å². The Kier molecular flexibility index (Phi) is 7.27. The minimum Gasteiger partial charge on any atom is -0.480 e. The van der Waals surface area contributed by atoms with Crippen LogP contribution in [0.4, 0.5) is 0 Å². The van der Waals surface area contributed by atoms with Crippen molar-refractivity contribution in [2.24, 2.45) is 0 Å². The van der Waals surface area contributed by atoms with Gasteiger partial charge in [0, 0.05) is 17.0 Å². The van der Waals surface area contributed by atoms with Gasteiger partial charge in [-0.05, 0) is 37.5 Å². The third-order valence-electron chi connectivity index (χ3n) is 3.21. The first kappa shape index (κ1) is 18.9. The van der Waals surface area contributed by atoms with Crippen molar-refractivity contribution in [1.82, 2.24) is 5.32 Å². The largest absolute Gasteiger partial charge is 0.480 e. The highest BCUT2D eigenvalue weighted by Crippen LogP contribution is 2.23. The Hall–Kier alpha value is -1.16. The lowest BCUT2D eigenvalue weighted by atomic mass is 10.1. The van der Waals surface area contributed by atoms with E-state index in [0.717, 1.165) is 22.6 Å². The Morgan fingerprint density at radius 1 is 1.32 bits per heavy atom. The highest BCUT2D eigenvalue weighted by Gasteiger charge is 2.19. The number of hydrogen-bond donors (Lipinski definition) is 1. The summed E-state index contributed by atoms with van der Waals surface area (Å²) in [5.74, 6) is 1.68. The average molecular weight is 324 g/mol. The van der Waals surface area contributed by atoms with Crippen LogP contribution in [0.25, 0.3) is 0 Å². The molecule has 0 saturated heterocycles. The third-order valence-corrected chi connectivity index (χ3v) is 4.49. The van der Waals surface area contributed by atoms with Gasteiger partial charge in [0.15, 0.2) is 6.10 Å². The molecule has 0 aliphatic rings. The second kappa shape index (κ2) is 8.47. The topological polar surface area (TPSA) is 38.3 Å². The van der Waals surface area contributed by atoms with Crippen LogP contribution in [0.1, 0.15) is 45.2 Å². The molecule has 3 nitrogen and oxygen atoms in total. The summed E-state index contributed by atoms with van der Waals surface area (Å²) in [4.78, 5) is 12.3. The number of amides is 1. The molecule has 0 aliphatic heterocycles. The lowest BCUT2D eigenvalue weighted by Gasteiger charge is -2.20. The van der Waals surface area contributed by atoms with Gasteiger partial charge in [-0.25, -0.2) is 0 Å². The molecule has 0 aliphatic carbocycles. The van der Waals surface area contributed by atoms with Gasteiger partial charge >= 0.3 is 0 Å². The Balaban J connectivity index is 2.53. The zero-order valence-electron chi connectivity index (χ0n) is 14.7. The smallest absolute Gasteiger partial charge is 0.261 e. The first-order valence-electron chi connectivity index (χ1n) is 7.88. The molecule has 1 aromatic rings. The average Bonchev–Trinajstić information content (AvgIpc) is 2.43. The van der Waals surface area contributed by atoms with Crippen molar-refractivity contribution < 1.29 is 9.53 Å². The first-order valence-corrected chi connectivity index (χ1v) is 8.87. The van der Waals surface area contributed by atoms with Crippen molar-refractivity contribution in [1.29, 1.82) is 0 Å². The molecule has 0 heterocycles. The summed E-state index contributed by atoms with van der Waals surface area (Å²) in [6.07, 6.45) is 0.228. The summed E-state index contributed by atoms with van der Waals surface area (Å²) in [5.41, 5.74) is 2.19. The van der Waals surface area contributed by atoms with Crippen LogP contribution in [-0.2, 0) is 4.79 Å². The molecule has 0 aromatic heterocycles. The van der Waals surface area contributed by atoms with Crippen molar-refractivity contribution in [2.45, 2.75) is 58.8 Å². The Morgan fingerprint density at radius 3 is 2.59 bits per heavy atom. The van der Waals surface area contributed by atoms with Crippen LogP contribution in [-0.4, -0.2) is 29.1 Å². The monoisotopic (exact) mass is 323 g/mol. The maximum atomic E-state index is 12.3. The number of ether oxygens (including phenoxy) is 1. The molecule has 124 valence electrons. The lowest BCUT2D eigenvalue weighted by molar-refractivity contribution is -0.128.